The molecule has 2 aromatic rings. The van der Waals surface area contributed by atoms with Crippen molar-refractivity contribution in [3.63, 3.8) is 0 Å². The molecule has 1 aromatic heterocycles. The second-order valence-corrected chi connectivity index (χ2v) is 4.68. The molecular formula is C14H17N3S. The molecule has 3 N–H and O–H groups in total. The van der Waals surface area contributed by atoms with Gasteiger partial charge in [0, 0.05) is 11.8 Å². The van der Waals surface area contributed by atoms with E-state index in [1.165, 1.54) is 5.56 Å². The zero-order valence-electron chi connectivity index (χ0n) is 10.6. The third-order valence-electron chi connectivity index (χ3n) is 3.22. The Morgan fingerprint density at radius 3 is 2.50 bits per heavy atom. The normalized spacial score (nSPS) is 12.2. The van der Waals surface area contributed by atoms with Gasteiger partial charge in [0.2, 0.25) is 0 Å². The molecule has 2 rings (SSSR count). The second kappa shape index (κ2) is 5.33. The van der Waals surface area contributed by atoms with Crippen LogP contribution >= 0.6 is 12.2 Å². The van der Waals surface area contributed by atoms with E-state index >= 15 is 0 Å². The van der Waals surface area contributed by atoms with Crippen molar-refractivity contribution in [3.8, 4) is 0 Å². The number of nitrogens with one attached hydrogen (secondary N) is 1. The minimum Gasteiger partial charge on any atom is -0.332 e. The van der Waals surface area contributed by atoms with Gasteiger partial charge in [0.1, 0.15) is 4.64 Å². The SMILES string of the molecule is Cc1c(NN)ccn(C(C)c2ccccc2)c1=S. The third-order valence-corrected chi connectivity index (χ3v) is 3.73. The molecule has 0 aliphatic heterocycles. The number of rotatable bonds is 3. The van der Waals surface area contributed by atoms with Crippen LogP contribution in [0.3, 0.4) is 0 Å². The summed E-state index contributed by atoms with van der Waals surface area (Å²) < 4.78 is 2.89. The van der Waals surface area contributed by atoms with Crippen molar-refractivity contribution in [3.05, 3.63) is 58.4 Å². The first-order valence-electron chi connectivity index (χ1n) is 5.88. The zero-order chi connectivity index (χ0) is 13.1. The van der Waals surface area contributed by atoms with E-state index in [9.17, 15) is 0 Å². The molecule has 4 heteroatoms. The van der Waals surface area contributed by atoms with Gasteiger partial charge < -0.3 is 9.99 Å². The quantitative estimate of drug-likeness (QED) is 0.504. The van der Waals surface area contributed by atoms with Crippen molar-refractivity contribution in [1.82, 2.24) is 4.57 Å². The van der Waals surface area contributed by atoms with Crippen molar-refractivity contribution in [2.24, 2.45) is 5.84 Å². The molecule has 0 fully saturated rings. The predicted octanol–water partition coefficient (Wildman–Crippen LogP) is 3.42. The molecular weight excluding hydrogens is 242 g/mol. The Morgan fingerprint density at radius 1 is 1.22 bits per heavy atom. The van der Waals surface area contributed by atoms with Crippen molar-refractivity contribution < 1.29 is 0 Å². The third kappa shape index (κ3) is 2.30. The Kier molecular flexibility index (Phi) is 3.79. The molecule has 0 amide bonds. The number of hydrazine groups is 1. The highest BCUT2D eigenvalue weighted by molar-refractivity contribution is 7.71. The molecule has 0 spiro atoms. The first kappa shape index (κ1) is 12.8. The van der Waals surface area contributed by atoms with Crippen LogP contribution in [-0.2, 0) is 0 Å². The monoisotopic (exact) mass is 259 g/mol. The van der Waals surface area contributed by atoms with Gasteiger partial charge in [0.05, 0.1) is 11.7 Å². The van der Waals surface area contributed by atoms with E-state index in [0.717, 1.165) is 15.9 Å². The fourth-order valence-electron chi connectivity index (χ4n) is 2.01. The number of hydrogen-bond acceptors (Lipinski definition) is 3. The topological polar surface area (TPSA) is 43.0 Å². The molecule has 3 nitrogen and oxygen atoms in total. The Bertz CT molecular complexity index is 590. The fourth-order valence-corrected chi connectivity index (χ4v) is 2.34. The van der Waals surface area contributed by atoms with Gasteiger partial charge in [-0.3, -0.25) is 5.84 Å². The Balaban J connectivity index is 2.47. The summed E-state index contributed by atoms with van der Waals surface area (Å²) >= 11 is 5.49. The Hall–Kier alpha value is -1.65. The van der Waals surface area contributed by atoms with Crippen LogP contribution in [0, 0.1) is 11.6 Å². The van der Waals surface area contributed by atoms with E-state index in [2.05, 4.69) is 29.0 Å². The van der Waals surface area contributed by atoms with E-state index in [0.29, 0.717) is 0 Å². The van der Waals surface area contributed by atoms with Gasteiger partial charge in [0.25, 0.3) is 0 Å². The van der Waals surface area contributed by atoms with E-state index in [1.54, 1.807) is 0 Å². The van der Waals surface area contributed by atoms with E-state index in [1.807, 2.05) is 37.4 Å². The summed E-state index contributed by atoms with van der Waals surface area (Å²) in [5, 5.41) is 0. The number of benzene rings is 1. The average molecular weight is 259 g/mol. The number of nitrogens with zero attached hydrogens (tertiary/aromatic N) is 1. The lowest BCUT2D eigenvalue weighted by Gasteiger charge is -2.19. The summed E-state index contributed by atoms with van der Waals surface area (Å²) in [5.41, 5.74) is 5.77. The molecule has 0 aliphatic rings. The zero-order valence-corrected chi connectivity index (χ0v) is 11.4. The first-order valence-corrected chi connectivity index (χ1v) is 6.29. The summed E-state index contributed by atoms with van der Waals surface area (Å²) in [6, 6.07) is 12.5. The highest BCUT2D eigenvalue weighted by Gasteiger charge is 2.09. The Morgan fingerprint density at radius 2 is 1.89 bits per heavy atom. The molecule has 0 bridgehead atoms. The maximum Gasteiger partial charge on any atom is 0.111 e. The first-order chi connectivity index (χ1) is 8.65. The van der Waals surface area contributed by atoms with E-state index in [4.69, 9.17) is 18.1 Å². The van der Waals surface area contributed by atoms with Crippen LogP contribution in [0.2, 0.25) is 0 Å². The summed E-state index contributed by atoms with van der Waals surface area (Å²) in [4.78, 5) is 0. The van der Waals surface area contributed by atoms with Gasteiger partial charge in [-0.25, -0.2) is 0 Å². The number of nitrogen functional groups attached to an aromatic ring is 1. The summed E-state index contributed by atoms with van der Waals surface area (Å²) in [7, 11) is 0. The maximum absolute atomic E-state index is 5.49. The van der Waals surface area contributed by atoms with E-state index < -0.39 is 0 Å². The molecule has 0 saturated carbocycles. The largest absolute Gasteiger partial charge is 0.332 e. The number of pyridine rings is 1. The molecule has 0 saturated heterocycles. The van der Waals surface area contributed by atoms with Crippen LogP contribution in [-0.4, -0.2) is 4.57 Å². The molecule has 1 aromatic carbocycles. The Labute approximate surface area is 112 Å². The average Bonchev–Trinajstić information content (AvgIpc) is 2.42. The molecule has 1 unspecified atom stereocenters. The van der Waals surface area contributed by atoms with Crippen molar-refractivity contribution >= 4 is 17.9 Å². The summed E-state index contributed by atoms with van der Waals surface area (Å²) in [6.45, 7) is 4.12. The predicted molar refractivity (Wildman–Crippen MR) is 78.1 cm³/mol. The highest BCUT2D eigenvalue weighted by Crippen LogP contribution is 2.22. The van der Waals surface area contributed by atoms with Gasteiger partial charge in [0.15, 0.2) is 0 Å². The fraction of sp³-hybridized carbons (Fsp3) is 0.214. The minimum absolute atomic E-state index is 0.212. The smallest absolute Gasteiger partial charge is 0.111 e. The van der Waals surface area contributed by atoms with Crippen molar-refractivity contribution in [2.75, 3.05) is 5.43 Å². The number of nitrogens with two attached hydrogens (primary N) is 1. The molecule has 1 heterocycles. The molecule has 1 atom stereocenters. The van der Waals surface area contributed by atoms with Crippen LogP contribution in [0.5, 0.6) is 0 Å². The van der Waals surface area contributed by atoms with Crippen LogP contribution in [0.4, 0.5) is 5.69 Å². The summed E-state index contributed by atoms with van der Waals surface area (Å²) in [6.07, 6.45) is 1.97. The van der Waals surface area contributed by atoms with Crippen LogP contribution < -0.4 is 11.3 Å². The van der Waals surface area contributed by atoms with Gasteiger partial charge in [-0.2, -0.15) is 0 Å². The number of hydrogen-bond donors (Lipinski definition) is 2. The van der Waals surface area contributed by atoms with Gasteiger partial charge in [-0.1, -0.05) is 42.5 Å². The lowest BCUT2D eigenvalue weighted by atomic mass is 10.1. The van der Waals surface area contributed by atoms with Gasteiger partial charge in [-0.15, -0.1) is 0 Å². The summed E-state index contributed by atoms with van der Waals surface area (Å²) in [5.74, 6) is 5.45. The standard InChI is InChI=1S/C14H17N3S/c1-10-13(16-15)8-9-17(14(10)18)11(2)12-6-4-3-5-7-12/h3-9,11,16H,15H2,1-2H3. The van der Waals surface area contributed by atoms with Crippen molar-refractivity contribution in [2.45, 2.75) is 19.9 Å². The van der Waals surface area contributed by atoms with Crippen LogP contribution in [0.1, 0.15) is 24.1 Å². The van der Waals surface area contributed by atoms with Crippen molar-refractivity contribution in [1.29, 1.82) is 0 Å². The lowest BCUT2D eigenvalue weighted by molar-refractivity contribution is 0.624. The van der Waals surface area contributed by atoms with Gasteiger partial charge in [-0.05, 0) is 25.5 Å². The van der Waals surface area contributed by atoms with Crippen LogP contribution in [0.25, 0.3) is 0 Å². The minimum atomic E-state index is 0.212. The number of aromatic nitrogens is 1. The molecule has 0 aliphatic carbocycles. The van der Waals surface area contributed by atoms with E-state index in [-0.39, 0.29) is 6.04 Å². The number of anilines is 1. The maximum atomic E-state index is 5.49. The lowest BCUT2D eigenvalue weighted by Crippen LogP contribution is -2.13. The van der Waals surface area contributed by atoms with Gasteiger partial charge >= 0.3 is 0 Å². The highest BCUT2D eigenvalue weighted by atomic mass is 32.1. The molecule has 18 heavy (non-hydrogen) atoms. The molecule has 0 radical (unpaired) electrons. The second-order valence-electron chi connectivity index (χ2n) is 4.30. The van der Waals surface area contributed by atoms with Crippen LogP contribution in [0.15, 0.2) is 42.6 Å². The molecule has 94 valence electrons.